The molecule has 8 heteroatoms. The van der Waals surface area contributed by atoms with E-state index in [4.69, 9.17) is 9.47 Å². The van der Waals surface area contributed by atoms with Crippen molar-refractivity contribution in [1.82, 2.24) is 0 Å². The number of ether oxygens (including phenoxy) is 2. The number of nitro groups is 1. The van der Waals surface area contributed by atoms with Gasteiger partial charge in [0.15, 0.2) is 0 Å². The zero-order valence-corrected chi connectivity index (χ0v) is 16.5. The van der Waals surface area contributed by atoms with Gasteiger partial charge in [-0.25, -0.2) is 0 Å². The molecule has 0 fully saturated rings. The van der Waals surface area contributed by atoms with Gasteiger partial charge in [-0.05, 0) is 36.1 Å². The second kappa shape index (κ2) is 7.62. The van der Waals surface area contributed by atoms with Gasteiger partial charge in [0, 0.05) is 49.2 Å². The van der Waals surface area contributed by atoms with Gasteiger partial charge in [-0.2, -0.15) is 0 Å². The highest BCUT2D eigenvalue weighted by molar-refractivity contribution is 5.72. The molecular weight excluding hydrogens is 388 g/mol. The average Bonchev–Trinajstić information content (AvgIpc) is 3.16. The van der Waals surface area contributed by atoms with Gasteiger partial charge in [0.05, 0.1) is 11.0 Å². The van der Waals surface area contributed by atoms with E-state index in [-0.39, 0.29) is 29.3 Å². The number of hydrogen-bond acceptors (Lipinski definition) is 7. The van der Waals surface area contributed by atoms with Crippen molar-refractivity contribution < 1.29 is 24.0 Å². The summed E-state index contributed by atoms with van der Waals surface area (Å²) in [6, 6.07) is 9.57. The van der Waals surface area contributed by atoms with Crippen LogP contribution in [0.5, 0.6) is 11.5 Å². The van der Waals surface area contributed by atoms with Gasteiger partial charge in [-0.3, -0.25) is 19.7 Å². The molecule has 154 valence electrons. The third kappa shape index (κ3) is 3.63. The number of hydrogen-bond donors (Lipinski definition) is 1. The summed E-state index contributed by atoms with van der Waals surface area (Å²) >= 11 is 0. The highest BCUT2D eigenvalue weighted by Crippen LogP contribution is 2.52. The molecule has 2 aromatic carbocycles. The lowest BCUT2D eigenvalue weighted by molar-refractivity contribution is -0.384. The SMILES string of the molecule is CC(=O)Oc1ccc([C@@H]2Nc3ccc([N+](=O)[O-])cc3[C@H]3C=CC[C@H]32)c(OC(C)=O)c1. The zero-order chi connectivity index (χ0) is 21.4. The molecule has 8 nitrogen and oxygen atoms in total. The fourth-order valence-electron chi connectivity index (χ4n) is 4.25. The van der Waals surface area contributed by atoms with Gasteiger partial charge in [-0.1, -0.05) is 12.2 Å². The smallest absolute Gasteiger partial charge is 0.308 e. The Bertz CT molecular complexity index is 1080. The molecule has 0 unspecified atom stereocenters. The van der Waals surface area contributed by atoms with Gasteiger partial charge in [0.1, 0.15) is 11.5 Å². The standard InChI is InChI=1S/C22H20N2O6/c1-12(25)29-15-7-8-18(21(11-15)30-13(2)26)22-17-5-3-4-16(17)19-10-14(24(27)28)6-9-20(19)23-22/h3-4,6-11,16-17,22-23H,5H2,1-2H3/t16-,17+,22+/m0/s1. The summed E-state index contributed by atoms with van der Waals surface area (Å²) in [6.45, 7) is 2.61. The minimum atomic E-state index is -0.482. The second-order valence-electron chi connectivity index (χ2n) is 7.39. The molecule has 0 aromatic heterocycles. The Hall–Kier alpha value is -3.68. The van der Waals surface area contributed by atoms with E-state index in [1.807, 2.05) is 0 Å². The fourth-order valence-corrected chi connectivity index (χ4v) is 4.25. The normalized spacial score (nSPS) is 21.2. The molecule has 0 radical (unpaired) electrons. The molecule has 1 N–H and O–H groups in total. The number of rotatable bonds is 4. The Kier molecular flexibility index (Phi) is 4.99. The van der Waals surface area contributed by atoms with E-state index in [0.29, 0.717) is 5.75 Å². The molecule has 0 bridgehead atoms. The van der Waals surface area contributed by atoms with Crippen LogP contribution in [0, 0.1) is 16.0 Å². The van der Waals surface area contributed by atoms with Crippen LogP contribution in [0.3, 0.4) is 0 Å². The van der Waals surface area contributed by atoms with Gasteiger partial charge >= 0.3 is 11.9 Å². The third-order valence-corrected chi connectivity index (χ3v) is 5.39. The number of fused-ring (bicyclic) bond motifs is 3. The minimum Gasteiger partial charge on any atom is -0.427 e. The van der Waals surface area contributed by atoms with E-state index in [0.717, 1.165) is 23.2 Å². The maximum atomic E-state index is 11.7. The first-order valence-corrected chi connectivity index (χ1v) is 9.56. The molecule has 0 spiro atoms. The summed E-state index contributed by atoms with van der Waals surface area (Å²) < 4.78 is 10.6. The first kappa shape index (κ1) is 19.6. The fraction of sp³-hybridized carbons (Fsp3) is 0.273. The number of non-ortho nitro benzene ring substituents is 1. The van der Waals surface area contributed by atoms with E-state index >= 15 is 0 Å². The summed E-state index contributed by atoms with van der Waals surface area (Å²) in [5.74, 6) is -0.255. The molecule has 2 aliphatic rings. The maximum absolute atomic E-state index is 11.7. The Morgan fingerprint density at radius 1 is 1.07 bits per heavy atom. The molecule has 0 saturated carbocycles. The van der Waals surface area contributed by atoms with Crippen LogP contribution in [0.2, 0.25) is 0 Å². The lowest BCUT2D eigenvalue weighted by Gasteiger charge is -2.37. The molecule has 1 aliphatic heterocycles. The lowest BCUT2D eigenvalue weighted by Crippen LogP contribution is -2.29. The Morgan fingerprint density at radius 2 is 1.83 bits per heavy atom. The average molecular weight is 408 g/mol. The highest BCUT2D eigenvalue weighted by Gasteiger charge is 2.40. The monoisotopic (exact) mass is 408 g/mol. The van der Waals surface area contributed by atoms with Crippen LogP contribution in [-0.4, -0.2) is 16.9 Å². The summed E-state index contributed by atoms with van der Waals surface area (Å²) in [4.78, 5) is 33.8. The molecule has 3 atom stereocenters. The van der Waals surface area contributed by atoms with Gasteiger partial charge < -0.3 is 14.8 Å². The van der Waals surface area contributed by atoms with E-state index in [1.165, 1.54) is 26.0 Å². The molecular formula is C22H20N2O6. The van der Waals surface area contributed by atoms with Crippen molar-refractivity contribution >= 4 is 23.3 Å². The van der Waals surface area contributed by atoms with Crippen molar-refractivity contribution in [1.29, 1.82) is 0 Å². The maximum Gasteiger partial charge on any atom is 0.308 e. The number of nitro benzene ring substituents is 1. The lowest BCUT2D eigenvalue weighted by atomic mass is 9.76. The van der Waals surface area contributed by atoms with Crippen molar-refractivity contribution in [2.24, 2.45) is 5.92 Å². The first-order valence-electron chi connectivity index (χ1n) is 9.56. The minimum absolute atomic E-state index is 0.00414. The summed E-state index contributed by atoms with van der Waals surface area (Å²) in [7, 11) is 0. The predicted octanol–water partition coefficient (Wildman–Crippen LogP) is 4.27. The molecule has 2 aromatic rings. The summed E-state index contributed by atoms with van der Waals surface area (Å²) in [6.07, 6.45) is 4.91. The van der Waals surface area contributed by atoms with Crippen molar-refractivity contribution in [3.8, 4) is 11.5 Å². The molecule has 1 heterocycles. The van der Waals surface area contributed by atoms with Crippen molar-refractivity contribution in [3.05, 3.63) is 69.8 Å². The van der Waals surface area contributed by atoms with Crippen LogP contribution in [0.25, 0.3) is 0 Å². The quantitative estimate of drug-likeness (QED) is 0.265. The van der Waals surface area contributed by atoms with Crippen LogP contribution in [-0.2, 0) is 9.59 Å². The number of carbonyl (C=O) groups excluding carboxylic acids is 2. The topological polar surface area (TPSA) is 108 Å². The number of nitrogens with one attached hydrogen (secondary N) is 1. The molecule has 4 rings (SSSR count). The first-order chi connectivity index (χ1) is 14.3. The predicted molar refractivity (Wildman–Crippen MR) is 109 cm³/mol. The van der Waals surface area contributed by atoms with Crippen LogP contribution in [0.1, 0.15) is 43.4 Å². The van der Waals surface area contributed by atoms with Crippen LogP contribution in [0.4, 0.5) is 11.4 Å². The van der Waals surface area contributed by atoms with Gasteiger partial charge in [-0.15, -0.1) is 0 Å². The number of benzene rings is 2. The third-order valence-electron chi connectivity index (χ3n) is 5.39. The number of carbonyl (C=O) groups is 2. The van der Waals surface area contributed by atoms with Crippen molar-refractivity contribution in [3.63, 3.8) is 0 Å². The van der Waals surface area contributed by atoms with Crippen LogP contribution in [0.15, 0.2) is 48.6 Å². The largest absolute Gasteiger partial charge is 0.427 e. The molecule has 1 aliphatic carbocycles. The van der Waals surface area contributed by atoms with E-state index < -0.39 is 16.9 Å². The zero-order valence-electron chi connectivity index (χ0n) is 16.5. The number of nitrogens with zero attached hydrogens (tertiary/aromatic N) is 1. The molecule has 0 saturated heterocycles. The Morgan fingerprint density at radius 3 is 2.53 bits per heavy atom. The Labute approximate surface area is 172 Å². The summed E-state index contributed by atoms with van der Waals surface area (Å²) in [5.41, 5.74) is 2.49. The number of allylic oxidation sites excluding steroid dienone is 2. The highest BCUT2D eigenvalue weighted by atomic mass is 16.6. The van der Waals surface area contributed by atoms with Crippen molar-refractivity contribution in [2.75, 3.05) is 5.32 Å². The number of anilines is 1. The van der Waals surface area contributed by atoms with E-state index in [9.17, 15) is 19.7 Å². The molecule has 30 heavy (non-hydrogen) atoms. The van der Waals surface area contributed by atoms with E-state index in [2.05, 4.69) is 17.5 Å². The van der Waals surface area contributed by atoms with Gasteiger partial charge in [0.25, 0.3) is 5.69 Å². The van der Waals surface area contributed by atoms with E-state index in [1.54, 1.807) is 24.3 Å². The number of esters is 2. The van der Waals surface area contributed by atoms with Crippen LogP contribution < -0.4 is 14.8 Å². The molecule has 0 amide bonds. The van der Waals surface area contributed by atoms with Gasteiger partial charge in [0.2, 0.25) is 0 Å². The second-order valence-corrected chi connectivity index (χ2v) is 7.39. The van der Waals surface area contributed by atoms with Crippen LogP contribution >= 0.6 is 0 Å². The van der Waals surface area contributed by atoms with Crippen molar-refractivity contribution in [2.45, 2.75) is 32.2 Å². The Balaban J connectivity index is 1.76. The summed E-state index contributed by atoms with van der Waals surface area (Å²) in [5, 5.41) is 14.7.